The zero-order valence-corrected chi connectivity index (χ0v) is 10.2. The zero-order chi connectivity index (χ0) is 13.1. The highest BCUT2D eigenvalue weighted by Crippen LogP contribution is 2.14. The SMILES string of the molecule is C[C@@H]1CNCC[C@@H]1NC(=O)c1cc(F)ccc1F. The van der Waals surface area contributed by atoms with E-state index >= 15 is 0 Å². The van der Waals surface area contributed by atoms with Crippen LogP contribution >= 0.6 is 0 Å². The molecule has 2 atom stereocenters. The van der Waals surface area contributed by atoms with Gasteiger partial charge >= 0.3 is 0 Å². The minimum Gasteiger partial charge on any atom is -0.349 e. The van der Waals surface area contributed by atoms with Crippen LogP contribution in [0.5, 0.6) is 0 Å². The average molecular weight is 254 g/mol. The minimum absolute atomic E-state index is 0.00131. The van der Waals surface area contributed by atoms with Crippen molar-refractivity contribution in [1.29, 1.82) is 0 Å². The van der Waals surface area contributed by atoms with Crippen molar-refractivity contribution in [2.45, 2.75) is 19.4 Å². The van der Waals surface area contributed by atoms with Gasteiger partial charge in [0, 0.05) is 6.04 Å². The second kappa shape index (κ2) is 5.44. The molecule has 1 aliphatic heterocycles. The number of halogens is 2. The fourth-order valence-corrected chi connectivity index (χ4v) is 2.15. The van der Waals surface area contributed by atoms with E-state index < -0.39 is 17.5 Å². The molecule has 1 aromatic carbocycles. The van der Waals surface area contributed by atoms with Crippen LogP contribution in [0.25, 0.3) is 0 Å². The van der Waals surface area contributed by atoms with Gasteiger partial charge in [0.15, 0.2) is 0 Å². The van der Waals surface area contributed by atoms with Gasteiger partial charge in [-0.25, -0.2) is 8.78 Å². The van der Waals surface area contributed by atoms with Gasteiger partial charge in [-0.2, -0.15) is 0 Å². The predicted molar refractivity (Wildman–Crippen MR) is 64.3 cm³/mol. The van der Waals surface area contributed by atoms with E-state index in [1.807, 2.05) is 6.92 Å². The molecule has 18 heavy (non-hydrogen) atoms. The summed E-state index contributed by atoms with van der Waals surface area (Å²) < 4.78 is 26.4. The maximum absolute atomic E-state index is 13.4. The summed E-state index contributed by atoms with van der Waals surface area (Å²) in [6, 6.07) is 2.90. The number of benzene rings is 1. The fraction of sp³-hybridized carbons (Fsp3) is 0.462. The van der Waals surface area contributed by atoms with Crippen molar-refractivity contribution in [3.8, 4) is 0 Å². The van der Waals surface area contributed by atoms with Crippen LogP contribution in [0.15, 0.2) is 18.2 Å². The Bertz CT molecular complexity index is 451. The Balaban J connectivity index is 2.09. The molecule has 2 N–H and O–H groups in total. The van der Waals surface area contributed by atoms with Gasteiger partial charge in [0.05, 0.1) is 5.56 Å². The number of carbonyl (C=O) groups is 1. The minimum atomic E-state index is -0.699. The summed E-state index contributed by atoms with van der Waals surface area (Å²) >= 11 is 0. The second-order valence-electron chi connectivity index (χ2n) is 4.67. The van der Waals surface area contributed by atoms with E-state index in [0.29, 0.717) is 0 Å². The molecule has 1 heterocycles. The monoisotopic (exact) mass is 254 g/mol. The number of amides is 1. The predicted octanol–water partition coefficient (Wildman–Crippen LogP) is 1.69. The van der Waals surface area contributed by atoms with Gasteiger partial charge < -0.3 is 10.6 Å². The van der Waals surface area contributed by atoms with E-state index in [-0.39, 0.29) is 17.5 Å². The largest absolute Gasteiger partial charge is 0.349 e. The molecule has 1 aliphatic rings. The van der Waals surface area contributed by atoms with Gasteiger partial charge in [-0.15, -0.1) is 0 Å². The lowest BCUT2D eigenvalue weighted by molar-refractivity contribution is 0.0909. The van der Waals surface area contributed by atoms with Crippen LogP contribution in [0.1, 0.15) is 23.7 Å². The lowest BCUT2D eigenvalue weighted by atomic mass is 9.95. The molecule has 1 fully saturated rings. The molecule has 0 aliphatic carbocycles. The first-order valence-electron chi connectivity index (χ1n) is 6.04. The van der Waals surface area contributed by atoms with Gasteiger partial charge in [0.2, 0.25) is 0 Å². The fourth-order valence-electron chi connectivity index (χ4n) is 2.15. The summed E-state index contributed by atoms with van der Waals surface area (Å²) in [5, 5.41) is 5.98. The van der Waals surface area contributed by atoms with Crippen LogP contribution in [0.3, 0.4) is 0 Å². The Morgan fingerprint density at radius 3 is 2.94 bits per heavy atom. The van der Waals surface area contributed by atoms with Gasteiger partial charge in [0.25, 0.3) is 5.91 Å². The highest BCUT2D eigenvalue weighted by molar-refractivity contribution is 5.94. The van der Waals surface area contributed by atoms with E-state index in [0.717, 1.165) is 37.7 Å². The normalized spacial score (nSPS) is 23.7. The Morgan fingerprint density at radius 2 is 2.22 bits per heavy atom. The summed E-state index contributed by atoms with van der Waals surface area (Å²) in [6.07, 6.45) is 0.795. The molecule has 0 spiro atoms. The number of hydrogen-bond donors (Lipinski definition) is 2. The first-order valence-corrected chi connectivity index (χ1v) is 6.04. The first-order chi connectivity index (χ1) is 8.58. The molecular formula is C13H16F2N2O. The number of hydrogen-bond acceptors (Lipinski definition) is 2. The van der Waals surface area contributed by atoms with Crippen LogP contribution in [0, 0.1) is 17.6 Å². The summed E-state index contributed by atoms with van der Waals surface area (Å²) in [5.41, 5.74) is -0.235. The smallest absolute Gasteiger partial charge is 0.254 e. The lowest BCUT2D eigenvalue weighted by Gasteiger charge is -2.30. The molecule has 0 aromatic heterocycles. The summed E-state index contributed by atoms with van der Waals surface area (Å²) in [5.74, 6) is -1.58. The Morgan fingerprint density at radius 1 is 1.44 bits per heavy atom. The molecule has 2 rings (SSSR count). The Kier molecular flexibility index (Phi) is 3.91. The third-order valence-electron chi connectivity index (χ3n) is 3.27. The van der Waals surface area contributed by atoms with Gasteiger partial charge in [-0.05, 0) is 43.6 Å². The van der Waals surface area contributed by atoms with Crippen LogP contribution in [0.4, 0.5) is 8.78 Å². The van der Waals surface area contributed by atoms with Crippen molar-refractivity contribution in [2.24, 2.45) is 5.92 Å². The van der Waals surface area contributed by atoms with Gasteiger partial charge in [0.1, 0.15) is 11.6 Å². The summed E-state index contributed by atoms with van der Waals surface area (Å²) in [7, 11) is 0. The molecule has 0 bridgehead atoms. The lowest BCUT2D eigenvalue weighted by Crippen LogP contribution is -2.48. The van der Waals surface area contributed by atoms with E-state index in [1.54, 1.807) is 0 Å². The number of nitrogens with one attached hydrogen (secondary N) is 2. The maximum Gasteiger partial charge on any atom is 0.254 e. The highest BCUT2D eigenvalue weighted by atomic mass is 19.1. The molecule has 1 amide bonds. The van der Waals surface area contributed by atoms with E-state index in [1.165, 1.54) is 0 Å². The quantitative estimate of drug-likeness (QED) is 0.843. The summed E-state index contributed by atoms with van der Waals surface area (Å²) in [4.78, 5) is 11.9. The molecular weight excluding hydrogens is 238 g/mol. The van der Waals surface area contributed by atoms with Crippen LogP contribution in [-0.4, -0.2) is 25.0 Å². The van der Waals surface area contributed by atoms with Crippen molar-refractivity contribution < 1.29 is 13.6 Å². The molecule has 98 valence electrons. The molecule has 0 radical (unpaired) electrons. The molecule has 1 saturated heterocycles. The zero-order valence-electron chi connectivity index (χ0n) is 10.2. The third kappa shape index (κ3) is 2.85. The molecule has 1 aromatic rings. The van der Waals surface area contributed by atoms with E-state index in [2.05, 4.69) is 10.6 Å². The van der Waals surface area contributed by atoms with E-state index in [9.17, 15) is 13.6 Å². The summed E-state index contributed by atoms with van der Waals surface area (Å²) in [6.45, 7) is 3.65. The van der Waals surface area contributed by atoms with Crippen LogP contribution < -0.4 is 10.6 Å². The molecule has 3 nitrogen and oxygen atoms in total. The van der Waals surface area contributed by atoms with Crippen molar-refractivity contribution >= 4 is 5.91 Å². The second-order valence-corrected chi connectivity index (χ2v) is 4.67. The number of carbonyl (C=O) groups excluding carboxylic acids is 1. The Hall–Kier alpha value is -1.49. The van der Waals surface area contributed by atoms with Gasteiger partial charge in [-0.3, -0.25) is 4.79 Å². The molecule has 0 unspecified atom stereocenters. The number of piperidine rings is 1. The van der Waals surface area contributed by atoms with Crippen molar-refractivity contribution in [1.82, 2.24) is 10.6 Å². The molecule has 0 saturated carbocycles. The van der Waals surface area contributed by atoms with Crippen LogP contribution in [0.2, 0.25) is 0 Å². The van der Waals surface area contributed by atoms with Crippen molar-refractivity contribution in [3.63, 3.8) is 0 Å². The van der Waals surface area contributed by atoms with Crippen molar-refractivity contribution in [3.05, 3.63) is 35.4 Å². The standard InChI is InChI=1S/C13H16F2N2O/c1-8-7-16-5-4-12(8)17-13(18)10-6-9(14)2-3-11(10)15/h2-3,6,8,12,16H,4-5,7H2,1H3,(H,17,18)/t8-,12+/m1/s1. The van der Waals surface area contributed by atoms with Gasteiger partial charge in [-0.1, -0.05) is 6.92 Å². The third-order valence-corrected chi connectivity index (χ3v) is 3.27. The average Bonchev–Trinajstić information content (AvgIpc) is 2.35. The highest BCUT2D eigenvalue weighted by Gasteiger charge is 2.24. The number of rotatable bonds is 2. The topological polar surface area (TPSA) is 41.1 Å². The van der Waals surface area contributed by atoms with Crippen LogP contribution in [-0.2, 0) is 0 Å². The van der Waals surface area contributed by atoms with Crippen molar-refractivity contribution in [2.75, 3.05) is 13.1 Å². The van der Waals surface area contributed by atoms with E-state index in [4.69, 9.17) is 0 Å². The maximum atomic E-state index is 13.4. The Labute approximate surface area is 105 Å². The first kappa shape index (κ1) is 13.0. The molecule has 5 heteroatoms.